The third-order valence-corrected chi connectivity index (χ3v) is 4.40. The van der Waals surface area contributed by atoms with Crippen molar-refractivity contribution in [2.75, 3.05) is 13.7 Å². The van der Waals surface area contributed by atoms with Crippen molar-refractivity contribution in [1.29, 1.82) is 0 Å². The van der Waals surface area contributed by atoms with Gasteiger partial charge in [-0.1, -0.05) is 12.1 Å². The van der Waals surface area contributed by atoms with E-state index in [9.17, 15) is 14.0 Å². The molecule has 1 amide bonds. The molecule has 138 valence electrons. The van der Waals surface area contributed by atoms with E-state index in [0.717, 1.165) is 0 Å². The molecule has 0 saturated carbocycles. The fourth-order valence-electron chi connectivity index (χ4n) is 3.18. The largest absolute Gasteiger partial charge is 0.485 e. The van der Waals surface area contributed by atoms with Crippen molar-refractivity contribution in [1.82, 2.24) is 4.90 Å². The first-order chi connectivity index (χ1) is 12.4. The summed E-state index contributed by atoms with van der Waals surface area (Å²) < 4.78 is 29.7. The average molecular weight is 361 g/mol. The highest BCUT2D eigenvalue weighted by molar-refractivity contribution is 5.98. The van der Waals surface area contributed by atoms with Crippen molar-refractivity contribution in [3.05, 3.63) is 53.2 Å². The number of amides is 1. The van der Waals surface area contributed by atoms with Crippen LogP contribution >= 0.6 is 0 Å². The molecule has 1 fully saturated rings. The lowest BCUT2D eigenvalue weighted by Crippen LogP contribution is -2.41. The topological polar surface area (TPSA) is 69.0 Å². The zero-order valence-corrected chi connectivity index (χ0v) is 14.8. The molecule has 26 heavy (non-hydrogen) atoms. The van der Waals surface area contributed by atoms with E-state index in [0.29, 0.717) is 17.1 Å². The minimum atomic E-state index is -0.793. The van der Waals surface area contributed by atoms with Crippen molar-refractivity contribution < 1.29 is 27.9 Å². The van der Waals surface area contributed by atoms with Crippen LogP contribution in [0, 0.1) is 19.7 Å². The Morgan fingerprint density at radius 3 is 2.62 bits per heavy atom. The highest BCUT2D eigenvalue weighted by atomic mass is 19.1. The van der Waals surface area contributed by atoms with E-state index >= 15 is 0 Å². The van der Waals surface area contributed by atoms with Crippen molar-refractivity contribution in [3.63, 3.8) is 0 Å². The molecule has 1 aliphatic rings. The molecule has 1 saturated heterocycles. The number of hydrogen-bond acceptors (Lipinski definition) is 5. The van der Waals surface area contributed by atoms with Crippen LogP contribution in [0.4, 0.5) is 4.39 Å². The summed E-state index contributed by atoms with van der Waals surface area (Å²) in [5, 5.41) is 0. The van der Waals surface area contributed by atoms with E-state index in [1.807, 2.05) is 0 Å². The number of nitrogens with zero attached hydrogens (tertiary/aromatic N) is 1. The molecule has 1 aromatic heterocycles. The van der Waals surface area contributed by atoms with E-state index in [2.05, 4.69) is 0 Å². The summed E-state index contributed by atoms with van der Waals surface area (Å²) in [6, 6.07) is 6.87. The van der Waals surface area contributed by atoms with Crippen LogP contribution in [0.5, 0.6) is 5.75 Å². The van der Waals surface area contributed by atoms with Crippen LogP contribution in [0.1, 0.15) is 28.3 Å². The van der Waals surface area contributed by atoms with Crippen LogP contribution in [0.15, 0.2) is 34.7 Å². The molecular weight excluding hydrogens is 341 g/mol. The second kappa shape index (κ2) is 7.19. The molecule has 2 atom stereocenters. The van der Waals surface area contributed by atoms with Crippen molar-refractivity contribution in [2.45, 2.75) is 32.4 Å². The summed E-state index contributed by atoms with van der Waals surface area (Å²) in [6.07, 6.45) is -0.295. The number of rotatable bonds is 4. The molecule has 0 N–H and O–H groups in total. The number of para-hydroxylation sites is 1. The van der Waals surface area contributed by atoms with Crippen molar-refractivity contribution in [2.24, 2.45) is 0 Å². The van der Waals surface area contributed by atoms with Gasteiger partial charge in [0.25, 0.3) is 5.91 Å². The molecule has 0 aliphatic carbocycles. The molecule has 1 aromatic carbocycles. The smallest absolute Gasteiger partial charge is 0.328 e. The highest BCUT2D eigenvalue weighted by Crippen LogP contribution is 2.28. The zero-order chi connectivity index (χ0) is 18.8. The molecule has 0 bridgehead atoms. The molecule has 2 heterocycles. The SMILES string of the molecule is COC(=O)[C@@H]1C[C@H](Oc2ccccc2F)CN1C(=O)c1cc(C)oc1C. The number of ether oxygens (including phenoxy) is 2. The van der Waals surface area contributed by atoms with Gasteiger partial charge in [0.2, 0.25) is 0 Å². The second-order valence-electron chi connectivity index (χ2n) is 6.23. The number of halogens is 1. The standard InChI is InChI=1S/C19H20FNO5/c1-11-8-14(12(2)25-11)18(22)21-10-13(9-16(21)19(23)24-3)26-17-7-5-4-6-15(17)20/h4-8,13,16H,9-10H2,1-3H3/t13-,16-/m0/s1. The Balaban J connectivity index is 1.83. The Labute approximate surface area is 150 Å². The van der Waals surface area contributed by atoms with Gasteiger partial charge in [0, 0.05) is 6.42 Å². The van der Waals surface area contributed by atoms with Crippen LogP contribution in [0.2, 0.25) is 0 Å². The Hall–Kier alpha value is -2.83. The van der Waals surface area contributed by atoms with Crippen molar-refractivity contribution in [3.8, 4) is 5.75 Å². The Bertz CT molecular complexity index is 831. The first-order valence-electron chi connectivity index (χ1n) is 8.27. The van der Waals surface area contributed by atoms with Gasteiger partial charge in [-0.3, -0.25) is 4.79 Å². The summed E-state index contributed by atoms with van der Waals surface area (Å²) in [6.45, 7) is 3.59. The van der Waals surface area contributed by atoms with Gasteiger partial charge in [-0.15, -0.1) is 0 Å². The Morgan fingerprint density at radius 1 is 1.27 bits per heavy atom. The van der Waals surface area contributed by atoms with Gasteiger partial charge >= 0.3 is 5.97 Å². The maximum atomic E-state index is 13.8. The van der Waals surface area contributed by atoms with Crippen LogP contribution in [-0.2, 0) is 9.53 Å². The van der Waals surface area contributed by atoms with Crippen LogP contribution < -0.4 is 4.74 Å². The lowest BCUT2D eigenvalue weighted by atomic mass is 10.1. The predicted molar refractivity (Wildman–Crippen MR) is 90.5 cm³/mol. The van der Waals surface area contributed by atoms with Gasteiger partial charge in [-0.2, -0.15) is 0 Å². The van der Waals surface area contributed by atoms with E-state index in [1.54, 1.807) is 32.0 Å². The van der Waals surface area contributed by atoms with Gasteiger partial charge in [0.05, 0.1) is 19.2 Å². The van der Waals surface area contributed by atoms with Gasteiger partial charge in [-0.05, 0) is 32.0 Å². The summed E-state index contributed by atoms with van der Waals surface area (Å²) in [5.41, 5.74) is 0.392. The minimum Gasteiger partial charge on any atom is -0.485 e. The first-order valence-corrected chi connectivity index (χ1v) is 8.27. The van der Waals surface area contributed by atoms with E-state index in [4.69, 9.17) is 13.9 Å². The maximum absolute atomic E-state index is 13.8. The lowest BCUT2D eigenvalue weighted by molar-refractivity contribution is -0.145. The Kier molecular flexibility index (Phi) is 4.97. The molecule has 3 rings (SSSR count). The van der Waals surface area contributed by atoms with Gasteiger partial charge in [0.15, 0.2) is 11.6 Å². The van der Waals surface area contributed by atoms with E-state index in [1.165, 1.54) is 24.1 Å². The van der Waals surface area contributed by atoms with Crippen LogP contribution in [0.25, 0.3) is 0 Å². The van der Waals surface area contributed by atoms with Gasteiger partial charge in [0.1, 0.15) is 23.7 Å². The van der Waals surface area contributed by atoms with Gasteiger partial charge < -0.3 is 18.8 Å². The minimum absolute atomic E-state index is 0.0887. The number of likely N-dealkylation sites (tertiary alicyclic amines) is 1. The normalized spacial score (nSPS) is 19.5. The molecule has 0 radical (unpaired) electrons. The fraction of sp³-hybridized carbons (Fsp3) is 0.368. The lowest BCUT2D eigenvalue weighted by Gasteiger charge is -2.22. The number of hydrogen-bond donors (Lipinski definition) is 0. The number of carbonyl (C=O) groups is 2. The quantitative estimate of drug-likeness (QED) is 0.784. The summed E-state index contributed by atoms with van der Waals surface area (Å²) in [7, 11) is 1.27. The predicted octanol–water partition coefficient (Wildman–Crippen LogP) is 2.87. The first kappa shape index (κ1) is 18.0. The van der Waals surface area contributed by atoms with Crippen LogP contribution in [-0.4, -0.2) is 42.6 Å². The molecule has 0 unspecified atom stereocenters. The summed E-state index contributed by atoms with van der Waals surface area (Å²) in [5.74, 6) is -0.183. The van der Waals surface area contributed by atoms with E-state index < -0.39 is 23.9 Å². The molecule has 7 heteroatoms. The monoisotopic (exact) mass is 361 g/mol. The van der Waals surface area contributed by atoms with Crippen LogP contribution in [0.3, 0.4) is 0 Å². The number of methoxy groups -OCH3 is 1. The molecular formula is C19H20FNO5. The fourth-order valence-corrected chi connectivity index (χ4v) is 3.18. The maximum Gasteiger partial charge on any atom is 0.328 e. The number of aryl methyl sites for hydroxylation is 2. The van der Waals surface area contributed by atoms with Crippen molar-refractivity contribution >= 4 is 11.9 Å². The number of benzene rings is 1. The second-order valence-corrected chi connectivity index (χ2v) is 6.23. The average Bonchev–Trinajstić information content (AvgIpc) is 3.18. The highest BCUT2D eigenvalue weighted by Gasteiger charge is 2.42. The molecule has 2 aromatic rings. The summed E-state index contributed by atoms with van der Waals surface area (Å²) in [4.78, 5) is 26.4. The third-order valence-electron chi connectivity index (χ3n) is 4.40. The third kappa shape index (κ3) is 3.42. The zero-order valence-electron chi connectivity index (χ0n) is 14.8. The number of esters is 1. The molecule has 6 nitrogen and oxygen atoms in total. The van der Waals surface area contributed by atoms with Gasteiger partial charge in [-0.25, -0.2) is 9.18 Å². The number of furan rings is 1. The Morgan fingerprint density at radius 2 is 2.00 bits per heavy atom. The van der Waals surface area contributed by atoms with E-state index in [-0.39, 0.29) is 24.6 Å². The molecule has 0 spiro atoms. The number of carbonyl (C=O) groups excluding carboxylic acids is 2. The summed E-state index contributed by atoms with van der Waals surface area (Å²) >= 11 is 0. The molecule has 1 aliphatic heterocycles.